The molecule has 0 fully saturated rings. The van der Waals surface area contributed by atoms with E-state index in [0.717, 1.165) is 0 Å². The molecule has 7 heteroatoms. The van der Waals surface area contributed by atoms with Crippen LogP contribution in [0.25, 0.3) is 0 Å². The van der Waals surface area contributed by atoms with Crippen LogP contribution in [0.5, 0.6) is 0 Å². The minimum Gasteiger partial charge on any atom is -0.397 e. The van der Waals surface area contributed by atoms with E-state index in [0.29, 0.717) is 0 Å². The first-order valence-corrected chi connectivity index (χ1v) is 7.63. The van der Waals surface area contributed by atoms with Crippen LogP contribution in [0.3, 0.4) is 0 Å². The predicted molar refractivity (Wildman–Crippen MR) is 77.9 cm³/mol. The van der Waals surface area contributed by atoms with Gasteiger partial charge in [-0.3, -0.25) is 0 Å². The van der Waals surface area contributed by atoms with E-state index in [1.807, 2.05) is 0 Å². The van der Waals surface area contributed by atoms with Gasteiger partial charge in [-0.25, -0.2) is 8.42 Å². The second kappa shape index (κ2) is 4.83. The number of hydrogen-bond donors (Lipinski definition) is 2. The fraction of sp³-hybridized carbons (Fsp3) is 0.167. The van der Waals surface area contributed by atoms with Crippen molar-refractivity contribution in [1.82, 2.24) is 0 Å². The van der Waals surface area contributed by atoms with Gasteiger partial charge in [-0.15, -0.1) is 0 Å². The third kappa shape index (κ3) is 2.27. The number of sulfone groups is 1. The Hall–Kier alpha value is -1.01. The number of nitrogen functional groups attached to an aromatic ring is 1. The van der Waals surface area contributed by atoms with E-state index in [1.54, 1.807) is 12.2 Å². The van der Waals surface area contributed by atoms with Gasteiger partial charge in [0.05, 0.1) is 21.6 Å². The fourth-order valence-corrected chi connectivity index (χ4v) is 3.87. The van der Waals surface area contributed by atoms with Gasteiger partial charge in [-0.2, -0.15) is 0 Å². The molecule has 102 valence electrons. The Bertz CT molecular complexity index is 670. The molecule has 0 spiro atoms. The number of anilines is 1. The first-order chi connectivity index (χ1) is 8.79. The maximum atomic E-state index is 12.6. The molecule has 1 aromatic rings. The third-order valence-corrected chi connectivity index (χ3v) is 6.34. The van der Waals surface area contributed by atoms with E-state index in [9.17, 15) is 8.42 Å². The lowest BCUT2D eigenvalue weighted by molar-refractivity contribution is 0.572. The van der Waals surface area contributed by atoms with Crippen molar-refractivity contribution >= 4 is 38.7 Å². The van der Waals surface area contributed by atoms with Crippen molar-refractivity contribution in [2.24, 2.45) is 5.73 Å². The molecule has 0 radical (unpaired) electrons. The van der Waals surface area contributed by atoms with Crippen LogP contribution in [0.15, 0.2) is 47.4 Å². The van der Waals surface area contributed by atoms with Crippen molar-refractivity contribution in [2.45, 2.75) is 15.1 Å². The molecule has 1 aromatic carbocycles. The molecule has 2 unspecified atom stereocenters. The van der Waals surface area contributed by atoms with Crippen LogP contribution >= 0.6 is 23.2 Å². The number of hydrogen-bond acceptors (Lipinski definition) is 4. The SMILES string of the molecule is Nc1cc(S(=O)(=O)C2(Cl)C=CC=CC2N)ccc1Cl. The van der Waals surface area contributed by atoms with Crippen molar-refractivity contribution in [2.75, 3.05) is 5.73 Å². The van der Waals surface area contributed by atoms with E-state index < -0.39 is 20.1 Å². The first-order valence-electron chi connectivity index (χ1n) is 5.39. The first kappa shape index (κ1) is 14.4. The Morgan fingerprint density at radius 2 is 1.95 bits per heavy atom. The number of nitrogens with two attached hydrogens (primary N) is 2. The third-order valence-electron chi connectivity index (χ3n) is 2.90. The lowest BCUT2D eigenvalue weighted by atomic mass is 10.1. The Morgan fingerprint density at radius 3 is 2.53 bits per heavy atom. The summed E-state index contributed by atoms with van der Waals surface area (Å²) in [7, 11) is -3.89. The highest BCUT2D eigenvalue weighted by atomic mass is 35.5. The monoisotopic (exact) mass is 318 g/mol. The summed E-state index contributed by atoms with van der Waals surface area (Å²) in [5.41, 5.74) is 11.6. The van der Waals surface area contributed by atoms with E-state index >= 15 is 0 Å². The Kier molecular flexibility index (Phi) is 3.66. The average molecular weight is 319 g/mol. The highest BCUT2D eigenvalue weighted by molar-refractivity contribution is 7.94. The molecule has 0 saturated heterocycles. The molecule has 0 aliphatic heterocycles. The molecular formula is C12H12Cl2N2O2S. The van der Waals surface area contributed by atoms with E-state index in [-0.39, 0.29) is 15.6 Å². The average Bonchev–Trinajstić information content (AvgIpc) is 2.36. The maximum absolute atomic E-state index is 12.6. The van der Waals surface area contributed by atoms with Crippen molar-refractivity contribution in [3.05, 3.63) is 47.5 Å². The van der Waals surface area contributed by atoms with E-state index in [2.05, 4.69) is 0 Å². The largest absolute Gasteiger partial charge is 0.397 e. The molecule has 2 atom stereocenters. The van der Waals surface area contributed by atoms with Crippen LogP contribution in [0, 0.1) is 0 Å². The van der Waals surface area contributed by atoms with Crippen molar-refractivity contribution in [3.63, 3.8) is 0 Å². The summed E-state index contributed by atoms with van der Waals surface area (Å²) in [6.07, 6.45) is 6.09. The molecule has 1 aliphatic rings. The highest BCUT2D eigenvalue weighted by Crippen LogP contribution is 2.37. The minimum atomic E-state index is -3.89. The van der Waals surface area contributed by atoms with Gasteiger partial charge in [0.2, 0.25) is 9.84 Å². The molecule has 4 N–H and O–H groups in total. The fourth-order valence-electron chi connectivity index (χ4n) is 1.75. The maximum Gasteiger partial charge on any atom is 0.203 e. The van der Waals surface area contributed by atoms with Crippen LogP contribution in [0.2, 0.25) is 5.02 Å². The van der Waals surface area contributed by atoms with Crippen LogP contribution in [-0.4, -0.2) is 18.7 Å². The number of alkyl halides is 1. The molecule has 0 amide bonds. The summed E-state index contributed by atoms with van der Waals surface area (Å²) in [5.74, 6) is 0. The molecule has 19 heavy (non-hydrogen) atoms. The number of halogens is 2. The summed E-state index contributed by atoms with van der Waals surface area (Å²) in [6, 6.07) is 3.20. The van der Waals surface area contributed by atoms with Crippen molar-refractivity contribution in [1.29, 1.82) is 0 Å². The number of allylic oxidation sites excluding steroid dienone is 2. The van der Waals surface area contributed by atoms with E-state index in [4.69, 9.17) is 34.7 Å². The molecule has 0 heterocycles. The van der Waals surface area contributed by atoms with Crippen LogP contribution in [-0.2, 0) is 9.84 Å². The predicted octanol–water partition coefficient (Wildman–Crippen LogP) is 2.08. The van der Waals surface area contributed by atoms with Crippen LogP contribution < -0.4 is 11.5 Å². The molecule has 1 aliphatic carbocycles. The topological polar surface area (TPSA) is 86.2 Å². The van der Waals surface area contributed by atoms with Gasteiger partial charge >= 0.3 is 0 Å². The smallest absolute Gasteiger partial charge is 0.203 e. The minimum absolute atomic E-state index is 0.0141. The Morgan fingerprint density at radius 1 is 1.26 bits per heavy atom. The van der Waals surface area contributed by atoms with Gasteiger partial charge in [0, 0.05) is 0 Å². The molecule has 4 nitrogen and oxygen atoms in total. The van der Waals surface area contributed by atoms with E-state index in [1.165, 1.54) is 30.4 Å². The lowest BCUT2D eigenvalue weighted by Gasteiger charge is -2.29. The van der Waals surface area contributed by atoms with Crippen LogP contribution in [0.4, 0.5) is 5.69 Å². The lowest BCUT2D eigenvalue weighted by Crippen LogP contribution is -2.47. The zero-order valence-electron chi connectivity index (χ0n) is 9.75. The standard InChI is InChI=1S/C12H12Cl2N2O2S/c13-9-5-4-8(7-10(9)15)19(17,18)12(14)6-2-1-3-11(12)16/h1-7,11H,15-16H2. The van der Waals surface area contributed by atoms with Gasteiger partial charge in [0.1, 0.15) is 0 Å². The van der Waals surface area contributed by atoms with Gasteiger partial charge in [0.25, 0.3) is 0 Å². The molecular weight excluding hydrogens is 307 g/mol. The summed E-state index contributed by atoms with van der Waals surface area (Å²) in [4.78, 5) is -0.0141. The Labute approximate surface area is 121 Å². The molecule has 2 rings (SSSR count). The van der Waals surface area contributed by atoms with Crippen molar-refractivity contribution in [3.8, 4) is 0 Å². The van der Waals surface area contributed by atoms with Crippen molar-refractivity contribution < 1.29 is 8.42 Å². The van der Waals surface area contributed by atoms with Gasteiger partial charge in [-0.05, 0) is 24.3 Å². The number of rotatable bonds is 2. The van der Waals surface area contributed by atoms with Gasteiger partial charge < -0.3 is 11.5 Å². The molecule has 0 bridgehead atoms. The summed E-state index contributed by atoms with van der Waals surface area (Å²) in [5, 5.41) is 0.283. The second-order valence-corrected chi connectivity index (χ2v) is 7.56. The van der Waals surface area contributed by atoms with Gasteiger partial charge in [-0.1, -0.05) is 41.4 Å². The quantitative estimate of drug-likeness (QED) is 0.645. The molecule has 0 aromatic heterocycles. The summed E-state index contributed by atoms with van der Waals surface area (Å²) in [6.45, 7) is 0. The summed E-state index contributed by atoms with van der Waals surface area (Å²) < 4.78 is 23.5. The summed E-state index contributed by atoms with van der Waals surface area (Å²) >= 11 is 12.0. The zero-order chi connectivity index (χ0) is 14.3. The second-order valence-electron chi connectivity index (χ2n) is 4.15. The van der Waals surface area contributed by atoms with Crippen LogP contribution in [0.1, 0.15) is 0 Å². The number of benzene rings is 1. The molecule has 0 saturated carbocycles. The van der Waals surface area contributed by atoms with Gasteiger partial charge in [0.15, 0.2) is 4.21 Å². The zero-order valence-corrected chi connectivity index (χ0v) is 12.1. The Balaban J connectivity index is 2.56. The highest BCUT2D eigenvalue weighted by Gasteiger charge is 2.46. The normalized spacial score (nSPS) is 26.6.